The van der Waals surface area contributed by atoms with E-state index in [0.717, 1.165) is 36.0 Å². The van der Waals surface area contributed by atoms with E-state index in [1.807, 2.05) is 13.0 Å². The summed E-state index contributed by atoms with van der Waals surface area (Å²) in [6.45, 7) is 2.87. The second kappa shape index (κ2) is 6.98. The summed E-state index contributed by atoms with van der Waals surface area (Å²) in [5, 5.41) is 23.3. The lowest BCUT2D eigenvalue weighted by Crippen LogP contribution is -2.47. The van der Waals surface area contributed by atoms with Gasteiger partial charge in [0.15, 0.2) is 5.82 Å². The average molecular weight is 358 g/mol. The average Bonchev–Trinajstić information content (AvgIpc) is 3.26. The number of hydrogen-bond acceptors (Lipinski definition) is 8. The molecule has 25 heavy (non-hydrogen) atoms. The van der Waals surface area contributed by atoms with E-state index in [-0.39, 0.29) is 0 Å². The molecule has 8 nitrogen and oxygen atoms in total. The van der Waals surface area contributed by atoms with Gasteiger partial charge < -0.3 is 10.6 Å². The third kappa shape index (κ3) is 3.60. The lowest BCUT2D eigenvalue weighted by atomic mass is 9.97. The Morgan fingerprint density at radius 2 is 2.20 bits per heavy atom. The van der Waals surface area contributed by atoms with E-state index in [0.29, 0.717) is 30.5 Å². The van der Waals surface area contributed by atoms with Gasteiger partial charge in [-0.05, 0) is 32.6 Å². The van der Waals surface area contributed by atoms with E-state index in [1.165, 1.54) is 24.4 Å². The zero-order chi connectivity index (χ0) is 17.2. The summed E-state index contributed by atoms with van der Waals surface area (Å²) in [4.78, 5) is 7.05. The molecule has 2 fully saturated rings. The number of anilines is 3. The van der Waals surface area contributed by atoms with Gasteiger partial charge >= 0.3 is 0 Å². The first kappa shape index (κ1) is 16.3. The lowest BCUT2D eigenvalue weighted by molar-refractivity contribution is 0.135. The normalized spacial score (nSPS) is 25.7. The molecule has 2 aromatic rings. The van der Waals surface area contributed by atoms with Gasteiger partial charge in [0.1, 0.15) is 0 Å². The molecule has 4 rings (SSSR count). The lowest BCUT2D eigenvalue weighted by Gasteiger charge is -2.38. The zero-order valence-corrected chi connectivity index (χ0v) is 15.0. The Morgan fingerprint density at radius 1 is 1.40 bits per heavy atom. The molecule has 0 aromatic carbocycles. The molecule has 3 N–H and O–H groups in total. The highest BCUT2D eigenvalue weighted by Gasteiger charge is 2.40. The number of rotatable bonds is 6. The number of fused-ring (bicyclic) bond motifs is 2. The van der Waals surface area contributed by atoms with Crippen molar-refractivity contribution in [1.29, 1.82) is 5.26 Å². The summed E-state index contributed by atoms with van der Waals surface area (Å²) in [5.41, 5.74) is 1.00. The molecule has 9 heteroatoms. The summed E-state index contributed by atoms with van der Waals surface area (Å²) < 4.78 is 4.41. The maximum absolute atomic E-state index is 8.83. The van der Waals surface area contributed by atoms with Crippen molar-refractivity contribution < 1.29 is 0 Å². The third-order valence-corrected chi connectivity index (χ3v) is 5.70. The number of nitrogens with zero attached hydrogens (tertiary/aromatic N) is 5. The number of hydrogen-bond donors (Lipinski definition) is 3. The highest BCUT2D eigenvalue weighted by atomic mass is 32.1. The van der Waals surface area contributed by atoms with Crippen LogP contribution in [0, 0.1) is 18.3 Å². The number of nitriles is 1. The molecule has 0 spiro atoms. The molecule has 132 valence electrons. The van der Waals surface area contributed by atoms with Crippen LogP contribution in [-0.4, -0.2) is 49.1 Å². The van der Waals surface area contributed by atoms with Crippen molar-refractivity contribution in [3.8, 4) is 6.07 Å². The Bertz CT molecular complexity index is 748. The largest absolute Gasteiger partial charge is 0.351 e. The molecular formula is C16H22N8S. The van der Waals surface area contributed by atoms with Crippen molar-refractivity contribution in [2.75, 3.05) is 17.2 Å². The van der Waals surface area contributed by atoms with Crippen LogP contribution in [0.5, 0.6) is 0 Å². The number of piperidine rings is 1. The smallest absolute Gasteiger partial charge is 0.236 e. The molecule has 0 saturated carbocycles. The predicted molar refractivity (Wildman–Crippen MR) is 96.9 cm³/mol. The van der Waals surface area contributed by atoms with Gasteiger partial charge in [-0.2, -0.15) is 19.7 Å². The molecule has 3 atom stereocenters. The first-order valence-electron chi connectivity index (χ1n) is 8.73. The Hall–Kier alpha value is -2.18. The maximum Gasteiger partial charge on any atom is 0.236 e. The van der Waals surface area contributed by atoms with Crippen LogP contribution >= 0.6 is 11.5 Å². The summed E-state index contributed by atoms with van der Waals surface area (Å²) >= 11 is 1.34. The minimum atomic E-state index is 0.408. The molecule has 0 amide bonds. The van der Waals surface area contributed by atoms with Crippen LogP contribution in [0.1, 0.15) is 37.8 Å². The fourth-order valence-electron chi connectivity index (χ4n) is 4.04. The second-order valence-electron chi connectivity index (χ2n) is 6.83. The molecule has 0 aliphatic carbocycles. The van der Waals surface area contributed by atoms with E-state index in [1.54, 1.807) is 0 Å². The predicted octanol–water partition coefficient (Wildman–Crippen LogP) is 2.63. The number of H-pyrrole nitrogens is 1. The monoisotopic (exact) mass is 358 g/mol. The summed E-state index contributed by atoms with van der Waals surface area (Å²) in [6.07, 6.45) is 5.31. The summed E-state index contributed by atoms with van der Waals surface area (Å²) in [5.74, 6) is 1.44. The van der Waals surface area contributed by atoms with Gasteiger partial charge in [-0.25, -0.2) is 0 Å². The van der Waals surface area contributed by atoms with Crippen molar-refractivity contribution >= 4 is 28.4 Å². The van der Waals surface area contributed by atoms with Crippen LogP contribution < -0.4 is 10.6 Å². The van der Waals surface area contributed by atoms with Crippen molar-refractivity contribution in [3.63, 3.8) is 0 Å². The van der Waals surface area contributed by atoms with Gasteiger partial charge in [0.05, 0.1) is 6.07 Å². The first-order valence-corrected chi connectivity index (χ1v) is 9.50. The Kier molecular flexibility index (Phi) is 4.55. The number of aromatic nitrogens is 4. The minimum absolute atomic E-state index is 0.408. The van der Waals surface area contributed by atoms with Gasteiger partial charge in [-0.3, -0.25) is 10.00 Å². The molecule has 2 aromatic heterocycles. The van der Waals surface area contributed by atoms with Gasteiger partial charge in [-0.15, -0.1) is 0 Å². The van der Waals surface area contributed by atoms with E-state index in [2.05, 4.69) is 41.2 Å². The first-order chi connectivity index (χ1) is 12.2. The van der Waals surface area contributed by atoms with E-state index in [9.17, 15) is 0 Å². The fourth-order valence-corrected chi connectivity index (χ4v) is 4.59. The van der Waals surface area contributed by atoms with Crippen LogP contribution in [-0.2, 0) is 0 Å². The Morgan fingerprint density at radius 3 is 2.88 bits per heavy atom. The third-order valence-electron chi connectivity index (χ3n) is 5.07. The van der Waals surface area contributed by atoms with Crippen LogP contribution in [0.15, 0.2) is 6.07 Å². The second-order valence-corrected chi connectivity index (χ2v) is 7.58. The quantitative estimate of drug-likeness (QED) is 0.729. The van der Waals surface area contributed by atoms with Crippen LogP contribution in [0.25, 0.3) is 0 Å². The Balaban J connectivity index is 1.34. The van der Waals surface area contributed by atoms with Gasteiger partial charge in [0.25, 0.3) is 0 Å². The van der Waals surface area contributed by atoms with Gasteiger partial charge in [0.2, 0.25) is 11.1 Å². The SMILES string of the molecule is Cc1cc(Nc2nc(N[C@@H]3C[C@H]4CC[C@@H](C3)N4CCC#N)ns2)n[nH]1. The van der Waals surface area contributed by atoms with E-state index in [4.69, 9.17) is 5.26 Å². The number of aryl methyl sites for hydroxylation is 1. The molecule has 2 aliphatic heterocycles. The van der Waals surface area contributed by atoms with Gasteiger partial charge in [0, 0.05) is 54.4 Å². The molecule has 2 bridgehead atoms. The molecule has 2 saturated heterocycles. The highest BCUT2D eigenvalue weighted by molar-refractivity contribution is 7.10. The van der Waals surface area contributed by atoms with Crippen molar-refractivity contribution in [2.24, 2.45) is 0 Å². The van der Waals surface area contributed by atoms with Crippen molar-refractivity contribution in [3.05, 3.63) is 11.8 Å². The summed E-state index contributed by atoms with van der Waals surface area (Å²) in [6, 6.07) is 5.79. The van der Waals surface area contributed by atoms with Gasteiger partial charge in [-0.1, -0.05) is 0 Å². The van der Waals surface area contributed by atoms with Crippen LogP contribution in [0.4, 0.5) is 16.9 Å². The molecule has 4 heterocycles. The molecular weight excluding hydrogens is 336 g/mol. The maximum atomic E-state index is 8.83. The summed E-state index contributed by atoms with van der Waals surface area (Å²) in [7, 11) is 0. The van der Waals surface area contributed by atoms with Crippen molar-refractivity contribution in [1.82, 2.24) is 24.5 Å². The fraction of sp³-hybridized carbons (Fsp3) is 0.625. The number of aromatic amines is 1. The highest BCUT2D eigenvalue weighted by Crippen LogP contribution is 2.36. The molecule has 0 radical (unpaired) electrons. The zero-order valence-electron chi connectivity index (χ0n) is 14.2. The standard InChI is InChI=1S/C16H22N8S/c1-10-7-14(22-21-10)19-16-20-15(23-25-16)18-11-8-12-3-4-13(9-11)24(12)6-2-5-17/h7,11-13H,2-4,6,8-9H2,1H3,(H3,18,19,20,21,22,23)/t11-,12-,13+. The Labute approximate surface area is 150 Å². The molecule has 2 aliphatic rings. The molecule has 0 unspecified atom stereocenters. The van der Waals surface area contributed by atoms with Crippen molar-refractivity contribution in [2.45, 2.75) is 57.2 Å². The topological polar surface area (TPSA) is 106 Å². The van der Waals surface area contributed by atoms with E-state index >= 15 is 0 Å². The van der Waals surface area contributed by atoms with Crippen LogP contribution in [0.2, 0.25) is 0 Å². The van der Waals surface area contributed by atoms with Crippen LogP contribution in [0.3, 0.4) is 0 Å². The number of nitrogens with one attached hydrogen (secondary N) is 3. The minimum Gasteiger partial charge on any atom is -0.351 e. The van der Waals surface area contributed by atoms with E-state index < -0.39 is 0 Å².